The minimum Gasteiger partial charge on any atom is -0.444 e. The Balaban J connectivity index is 2.63. The molecule has 1 rings (SSSR count). The van der Waals surface area contributed by atoms with Gasteiger partial charge in [-0.25, -0.2) is 4.79 Å². The van der Waals surface area contributed by atoms with Crippen LogP contribution in [0.1, 0.15) is 34.1 Å². The van der Waals surface area contributed by atoms with E-state index in [4.69, 9.17) is 9.47 Å². The zero-order chi connectivity index (χ0) is 14.6. The van der Waals surface area contributed by atoms with Gasteiger partial charge in [-0.2, -0.15) is 0 Å². The summed E-state index contributed by atoms with van der Waals surface area (Å²) in [5.41, 5.74) is -0.508. The minimum absolute atomic E-state index is 0.114. The Kier molecular flexibility index (Phi) is 5.35. The van der Waals surface area contributed by atoms with Crippen LogP contribution in [0.25, 0.3) is 0 Å². The number of hydrogen-bond donors (Lipinski definition) is 0. The highest BCUT2D eigenvalue weighted by Gasteiger charge is 2.34. The van der Waals surface area contributed by atoms with E-state index in [9.17, 15) is 9.59 Å². The molecule has 0 bridgehead atoms. The monoisotopic (exact) mass is 271 g/mol. The summed E-state index contributed by atoms with van der Waals surface area (Å²) in [5.74, 6) is 0.174. The molecule has 5 heteroatoms. The van der Waals surface area contributed by atoms with E-state index in [0.29, 0.717) is 26.1 Å². The molecule has 1 amide bonds. The molecular formula is C14H25NO4. The first-order chi connectivity index (χ1) is 8.74. The molecule has 0 spiro atoms. The third kappa shape index (κ3) is 4.82. The van der Waals surface area contributed by atoms with Crippen LogP contribution in [0.4, 0.5) is 4.79 Å². The van der Waals surface area contributed by atoms with Crippen molar-refractivity contribution >= 4 is 11.9 Å². The number of Topliss-reactive ketones (excluding diaryl/α,β-unsaturated/α-hetero) is 1. The Labute approximate surface area is 115 Å². The van der Waals surface area contributed by atoms with Crippen molar-refractivity contribution in [1.29, 1.82) is 0 Å². The molecule has 0 aromatic carbocycles. The highest BCUT2D eigenvalue weighted by molar-refractivity contribution is 5.84. The number of carbonyl (C=O) groups excluding carboxylic acids is 2. The van der Waals surface area contributed by atoms with Crippen LogP contribution in [-0.2, 0) is 14.3 Å². The average molecular weight is 271 g/mol. The van der Waals surface area contributed by atoms with Gasteiger partial charge in [-0.05, 0) is 26.7 Å². The number of rotatable bonds is 3. The molecule has 2 unspecified atom stereocenters. The Morgan fingerprint density at radius 1 is 1.47 bits per heavy atom. The molecule has 0 radical (unpaired) electrons. The second-order valence-electron chi connectivity index (χ2n) is 6.18. The lowest BCUT2D eigenvalue weighted by Crippen LogP contribution is -2.48. The molecule has 1 saturated heterocycles. The summed E-state index contributed by atoms with van der Waals surface area (Å²) < 4.78 is 10.4. The molecule has 110 valence electrons. The normalized spacial score (nSPS) is 22.3. The van der Waals surface area contributed by atoms with E-state index in [2.05, 4.69) is 0 Å². The van der Waals surface area contributed by atoms with Gasteiger partial charge in [0.25, 0.3) is 0 Å². The second kappa shape index (κ2) is 6.37. The molecule has 0 aromatic rings. The first kappa shape index (κ1) is 16.0. The first-order valence-electron chi connectivity index (χ1n) is 6.74. The molecule has 1 heterocycles. The summed E-state index contributed by atoms with van der Waals surface area (Å²) in [4.78, 5) is 25.6. The summed E-state index contributed by atoms with van der Waals surface area (Å²) in [6.45, 7) is 8.90. The molecule has 1 fully saturated rings. The van der Waals surface area contributed by atoms with E-state index >= 15 is 0 Å². The SMILES string of the molecule is COCC(C)C1CN(C(=O)OC(C)(C)C)CCC1=O. The summed E-state index contributed by atoms with van der Waals surface area (Å²) >= 11 is 0. The lowest BCUT2D eigenvalue weighted by atomic mass is 9.86. The average Bonchev–Trinajstić information content (AvgIpc) is 2.27. The quantitative estimate of drug-likeness (QED) is 0.788. The predicted molar refractivity (Wildman–Crippen MR) is 72.0 cm³/mol. The van der Waals surface area contributed by atoms with Crippen LogP contribution in [0.3, 0.4) is 0 Å². The summed E-state index contributed by atoms with van der Waals surface area (Å²) in [5, 5.41) is 0. The van der Waals surface area contributed by atoms with Crippen LogP contribution >= 0.6 is 0 Å². The molecule has 5 nitrogen and oxygen atoms in total. The minimum atomic E-state index is -0.508. The predicted octanol–water partition coefficient (Wildman–Crippen LogP) is 2.09. The Hall–Kier alpha value is -1.10. The fraction of sp³-hybridized carbons (Fsp3) is 0.857. The van der Waals surface area contributed by atoms with Gasteiger partial charge in [0.15, 0.2) is 0 Å². The number of nitrogens with zero attached hydrogens (tertiary/aromatic N) is 1. The first-order valence-corrected chi connectivity index (χ1v) is 6.74. The maximum absolute atomic E-state index is 12.0. The number of amides is 1. The molecule has 0 aliphatic carbocycles. The maximum atomic E-state index is 12.0. The van der Waals surface area contributed by atoms with Crippen molar-refractivity contribution in [2.45, 2.75) is 39.7 Å². The van der Waals surface area contributed by atoms with Gasteiger partial charge < -0.3 is 14.4 Å². The van der Waals surface area contributed by atoms with Gasteiger partial charge >= 0.3 is 6.09 Å². The third-order valence-electron chi connectivity index (χ3n) is 3.23. The number of ether oxygens (including phenoxy) is 2. The van der Waals surface area contributed by atoms with Gasteiger partial charge in [0, 0.05) is 39.1 Å². The molecule has 19 heavy (non-hydrogen) atoms. The van der Waals surface area contributed by atoms with Gasteiger partial charge in [0.05, 0.1) is 0 Å². The Morgan fingerprint density at radius 2 is 2.11 bits per heavy atom. The van der Waals surface area contributed by atoms with E-state index in [1.165, 1.54) is 0 Å². The molecule has 0 saturated carbocycles. The van der Waals surface area contributed by atoms with Crippen molar-refractivity contribution in [3.8, 4) is 0 Å². The van der Waals surface area contributed by atoms with Crippen molar-refractivity contribution in [3.05, 3.63) is 0 Å². The van der Waals surface area contributed by atoms with Crippen LogP contribution in [-0.4, -0.2) is 49.2 Å². The molecule has 0 N–H and O–H groups in total. The molecule has 0 aromatic heterocycles. The second-order valence-corrected chi connectivity index (χ2v) is 6.18. The standard InChI is InChI=1S/C14H25NO4/c1-10(9-18-5)11-8-15(7-6-12(11)16)13(17)19-14(2,3)4/h10-11H,6-9H2,1-5H3. The van der Waals surface area contributed by atoms with Gasteiger partial charge in [-0.15, -0.1) is 0 Å². The van der Waals surface area contributed by atoms with Crippen molar-refractivity contribution in [2.24, 2.45) is 11.8 Å². The smallest absolute Gasteiger partial charge is 0.410 e. The Bertz CT molecular complexity index is 335. The summed E-state index contributed by atoms with van der Waals surface area (Å²) in [6.07, 6.45) is 0.0624. The van der Waals surface area contributed by atoms with Gasteiger partial charge in [0.1, 0.15) is 11.4 Å². The lowest BCUT2D eigenvalue weighted by Gasteiger charge is -2.35. The summed E-state index contributed by atoms with van der Waals surface area (Å²) in [7, 11) is 1.62. The van der Waals surface area contributed by atoms with E-state index in [1.54, 1.807) is 12.0 Å². The van der Waals surface area contributed by atoms with E-state index in [-0.39, 0.29) is 23.7 Å². The number of likely N-dealkylation sites (tertiary alicyclic amines) is 1. The van der Waals surface area contributed by atoms with Gasteiger partial charge in [0.2, 0.25) is 0 Å². The van der Waals surface area contributed by atoms with Gasteiger partial charge in [-0.3, -0.25) is 4.79 Å². The number of carbonyl (C=O) groups is 2. The number of methoxy groups -OCH3 is 1. The third-order valence-corrected chi connectivity index (χ3v) is 3.23. The van der Waals surface area contributed by atoms with Gasteiger partial charge in [-0.1, -0.05) is 6.92 Å². The van der Waals surface area contributed by atoms with Crippen LogP contribution in [0.5, 0.6) is 0 Å². The van der Waals surface area contributed by atoms with Crippen LogP contribution in [0, 0.1) is 11.8 Å². The number of ketones is 1. The lowest BCUT2D eigenvalue weighted by molar-refractivity contribution is -0.128. The zero-order valence-electron chi connectivity index (χ0n) is 12.6. The van der Waals surface area contributed by atoms with Crippen LogP contribution in [0.2, 0.25) is 0 Å². The van der Waals surface area contributed by atoms with E-state index in [1.807, 2.05) is 27.7 Å². The number of piperidine rings is 1. The molecular weight excluding hydrogens is 246 g/mol. The highest BCUT2D eigenvalue weighted by Crippen LogP contribution is 2.23. The molecule has 2 atom stereocenters. The number of hydrogen-bond acceptors (Lipinski definition) is 4. The van der Waals surface area contributed by atoms with Crippen molar-refractivity contribution < 1.29 is 19.1 Å². The molecule has 1 aliphatic heterocycles. The van der Waals surface area contributed by atoms with E-state index < -0.39 is 5.60 Å². The molecule has 1 aliphatic rings. The van der Waals surface area contributed by atoms with Crippen molar-refractivity contribution in [2.75, 3.05) is 26.8 Å². The topological polar surface area (TPSA) is 55.8 Å². The highest BCUT2D eigenvalue weighted by atomic mass is 16.6. The zero-order valence-corrected chi connectivity index (χ0v) is 12.6. The van der Waals surface area contributed by atoms with Crippen molar-refractivity contribution in [3.63, 3.8) is 0 Å². The maximum Gasteiger partial charge on any atom is 0.410 e. The summed E-state index contributed by atoms with van der Waals surface area (Å²) in [6, 6.07) is 0. The van der Waals surface area contributed by atoms with Crippen LogP contribution in [0.15, 0.2) is 0 Å². The fourth-order valence-electron chi connectivity index (χ4n) is 2.23. The van der Waals surface area contributed by atoms with Crippen LogP contribution < -0.4 is 0 Å². The van der Waals surface area contributed by atoms with Crippen molar-refractivity contribution in [1.82, 2.24) is 4.90 Å². The fourth-order valence-corrected chi connectivity index (χ4v) is 2.23. The Morgan fingerprint density at radius 3 is 2.63 bits per heavy atom. The largest absolute Gasteiger partial charge is 0.444 e. The van der Waals surface area contributed by atoms with E-state index in [0.717, 1.165) is 0 Å².